The van der Waals surface area contributed by atoms with Crippen LogP contribution in [0.2, 0.25) is 0 Å². The van der Waals surface area contributed by atoms with Gasteiger partial charge < -0.3 is 19.3 Å². The molecule has 29 heavy (non-hydrogen) atoms. The van der Waals surface area contributed by atoms with Crippen molar-refractivity contribution in [1.82, 2.24) is 9.80 Å². The second kappa shape index (κ2) is 9.51. The van der Waals surface area contributed by atoms with Gasteiger partial charge in [0.1, 0.15) is 11.5 Å². The van der Waals surface area contributed by atoms with Gasteiger partial charge in [0, 0.05) is 44.1 Å². The van der Waals surface area contributed by atoms with Crippen LogP contribution in [0.4, 0.5) is 0 Å². The van der Waals surface area contributed by atoms with E-state index in [0.29, 0.717) is 25.4 Å². The van der Waals surface area contributed by atoms with E-state index in [1.807, 2.05) is 41.8 Å². The van der Waals surface area contributed by atoms with Crippen LogP contribution in [0.3, 0.4) is 0 Å². The number of hydrogen-bond acceptors (Lipinski definition) is 4. The van der Waals surface area contributed by atoms with Crippen molar-refractivity contribution in [2.24, 2.45) is 11.8 Å². The molecular weight excluding hydrogens is 368 g/mol. The van der Waals surface area contributed by atoms with E-state index in [0.717, 1.165) is 43.0 Å². The Balaban J connectivity index is 1.92. The second-order valence-electron chi connectivity index (χ2n) is 8.60. The largest absolute Gasteiger partial charge is 0.497 e. The number of methoxy groups -OCH3 is 2. The molecule has 6 heteroatoms. The molecule has 2 unspecified atom stereocenters. The first kappa shape index (κ1) is 21.5. The zero-order valence-electron chi connectivity index (χ0n) is 18.1. The fourth-order valence-corrected chi connectivity index (χ4v) is 4.53. The number of carbonyl (C=O) groups is 2. The van der Waals surface area contributed by atoms with Gasteiger partial charge in [-0.3, -0.25) is 9.59 Å². The molecule has 2 heterocycles. The van der Waals surface area contributed by atoms with Crippen LogP contribution in [-0.2, 0) is 9.59 Å². The average Bonchev–Trinajstić information content (AvgIpc) is 3.18. The maximum absolute atomic E-state index is 13.4. The zero-order chi connectivity index (χ0) is 21.0. The van der Waals surface area contributed by atoms with Crippen molar-refractivity contribution in [3.63, 3.8) is 0 Å². The molecule has 0 radical (unpaired) electrons. The van der Waals surface area contributed by atoms with E-state index >= 15 is 0 Å². The third-order valence-corrected chi connectivity index (χ3v) is 6.08. The number of rotatable bonds is 6. The van der Waals surface area contributed by atoms with Gasteiger partial charge in [-0.15, -0.1) is 0 Å². The van der Waals surface area contributed by atoms with Crippen LogP contribution >= 0.6 is 0 Å². The zero-order valence-corrected chi connectivity index (χ0v) is 18.1. The fourth-order valence-electron chi connectivity index (χ4n) is 4.53. The highest BCUT2D eigenvalue weighted by molar-refractivity contribution is 5.84. The van der Waals surface area contributed by atoms with Gasteiger partial charge in [-0.05, 0) is 43.4 Å². The normalized spacial score (nSPS) is 22.1. The minimum absolute atomic E-state index is 0.0920. The molecule has 0 aliphatic carbocycles. The smallest absolute Gasteiger partial charge is 0.228 e. The molecule has 160 valence electrons. The van der Waals surface area contributed by atoms with Crippen LogP contribution in [0.25, 0.3) is 0 Å². The lowest BCUT2D eigenvalue weighted by atomic mass is 9.86. The first-order chi connectivity index (χ1) is 13.9. The Bertz CT molecular complexity index is 728. The number of likely N-dealkylation sites (tertiary alicyclic amines) is 2. The van der Waals surface area contributed by atoms with E-state index in [4.69, 9.17) is 9.47 Å². The number of carbonyl (C=O) groups excluding carboxylic acids is 2. The van der Waals surface area contributed by atoms with Crippen LogP contribution in [-0.4, -0.2) is 62.0 Å². The van der Waals surface area contributed by atoms with Gasteiger partial charge >= 0.3 is 0 Å². The summed E-state index contributed by atoms with van der Waals surface area (Å²) in [6.45, 7) is 6.75. The van der Waals surface area contributed by atoms with Gasteiger partial charge in [-0.2, -0.15) is 0 Å². The van der Waals surface area contributed by atoms with Gasteiger partial charge in [-0.1, -0.05) is 13.8 Å². The summed E-state index contributed by atoms with van der Waals surface area (Å²) < 4.78 is 11.0. The third kappa shape index (κ3) is 4.85. The van der Waals surface area contributed by atoms with Gasteiger partial charge in [0.15, 0.2) is 0 Å². The van der Waals surface area contributed by atoms with Crippen LogP contribution in [0.1, 0.15) is 51.0 Å². The minimum atomic E-state index is -0.245. The number of benzene rings is 1. The van der Waals surface area contributed by atoms with E-state index in [1.165, 1.54) is 6.42 Å². The van der Waals surface area contributed by atoms with E-state index in [-0.39, 0.29) is 23.7 Å². The summed E-state index contributed by atoms with van der Waals surface area (Å²) in [5.41, 5.74) is 0.946. The van der Waals surface area contributed by atoms with Crippen molar-refractivity contribution in [2.45, 2.75) is 45.4 Å². The molecule has 0 spiro atoms. The summed E-state index contributed by atoms with van der Waals surface area (Å²) in [6, 6.07) is 5.70. The Morgan fingerprint density at radius 3 is 2.38 bits per heavy atom. The maximum Gasteiger partial charge on any atom is 0.228 e. The Hall–Kier alpha value is -2.24. The van der Waals surface area contributed by atoms with Gasteiger partial charge in [-0.25, -0.2) is 0 Å². The summed E-state index contributed by atoms with van der Waals surface area (Å²) in [7, 11) is 3.28. The summed E-state index contributed by atoms with van der Waals surface area (Å²) in [5, 5.41) is 0. The van der Waals surface area contributed by atoms with Gasteiger partial charge in [0.05, 0.1) is 20.1 Å². The van der Waals surface area contributed by atoms with Crippen molar-refractivity contribution >= 4 is 11.8 Å². The van der Waals surface area contributed by atoms with Crippen LogP contribution in [0.15, 0.2) is 18.2 Å². The van der Waals surface area contributed by atoms with E-state index in [2.05, 4.69) is 0 Å². The fraction of sp³-hybridized carbons (Fsp3) is 0.652. The first-order valence-electron chi connectivity index (χ1n) is 10.7. The molecule has 2 saturated heterocycles. The molecule has 1 aromatic carbocycles. The van der Waals surface area contributed by atoms with E-state index in [1.54, 1.807) is 14.2 Å². The summed E-state index contributed by atoms with van der Waals surface area (Å²) in [4.78, 5) is 30.1. The summed E-state index contributed by atoms with van der Waals surface area (Å²) in [6.07, 6.45) is 3.80. The van der Waals surface area contributed by atoms with Crippen molar-refractivity contribution in [2.75, 3.05) is 40.4 Å². The van der Waals surface area contributed by atoms with E-state index < -0.39 is 0 Å². The molecule has 6 nitrogen and oxygen atoms in total. The van der Waals surface area contributed by atoms with Crippen LogP contribution < -0.4 is 9.47 Å². The first-order valence-corrected chi connectivity index (χ1v) is 10.7. The van der Waals surface area contributed by atoms with Crippen LogP contribution in [0.5, 0.6) is 11.5 Å². The monoisotopic (exact) mass is 402 g/mol. The molecular formula is C23H34N2O4. The topological polar surface area (TPSA) is 59.1 Å². The van der Waals surface area contributed by atoms with Gasteiger partial charge in [0.25, 0.3) is 0 Å². The predicted molar refractivity (Wildman–Crippen MR) is 112 cm³/mol. The van der Waals surface area contributed by atoms with Crippen molar-refractivity contribution < 1.29 is 19.1 Å². The molecule has 0 aromatic heterocycles. The highest BCUT2D eigenvalue weighted by atomic mass is 16.5. The van der Waals surface area contributed by atoms with E-state index in [9.17, 15) is 9.59 Å². The number of piperidine rings is 1. The predicted octanol–water partition coefficient (Wildman–Crippen LogP) is 3.30. The third-order valence-electron chi connectivity index (χ3n) is 6.08. The number of nitrogens with zero attached hydrogens (tertiary/aromatic N) is 2. The Kier molecular flexibility index (Phi) is 7.04. The highest BCUT2D eigenvalue weighted by Gasteiger charge is 2.43. The molecule has 2 aliphatic rings. The summed E-state index contributed by atoms with van der Waals surface area (Å²) >= 11 is 0. The molecule has 0 saturated carbocycles. The molecule has 2 atom stereocenters. The Morgan fingerprint density at radius 2 is 1.76 bits per heavy atom. The molecule has 1 aromatic rings. The molecule has 2 fully saturated rings. The maximum atomic E-state index is 13.4. The molecule has 0 N–H and O–H groups in total. The highest BCUT2D eigenvalue weighted by Crippen LogP contribution is 2.40. The Labute approximate surface area is 174 Å². The number of hydrogen-bond donors (Lipinski definition) is 0. The van der Waals surface area contributed by atoms with Crippen molar-refractivity contribution in [3.05, 3.63) is 23.8 Å². The number of amides is 2. The second-order valence-corrected chi connectivity index (χ2v) is 8.60. The minimum Gasteiger partial charge on any atom is -0.497 e. The Morgan fingerprint density at radius 1 is 1.03 bits per heavy atom. The molecule has 0 bridgehead atoms. The SMILES string of the molecule is COc1ccc(OC)c(C2CN(C(=O)CC(C)C)CC2C(=O)N2CCCCC2)c1. The quantitative estimate of drug-likeness (QED) is 0.733. The molecule has 3 rings (SSSR count). The molecule has 2 amide bonds. The number of ether oxygens (including phenoxy) is 2. The van der Waals surface area contributed by atoms with Crippen LogP contribution in [0, 0.1) is 11.8 Å². The summed E-state index contributed by atoms with van der Waals surface area (Å²) in [5.74, 6) is 1.72. The lowest BCUT2D eigenvalue weighted by molar-refractivity contribution is -0.137. The van der Waals surface area contributed by atoms with Crippen molar-refractivity contribution in [1.29, 1.82) is 0 Å². The lowest BCUT2D eigenvalue weighted by Gasteiger charge is -2.31. The van der Waals surface area contributed by atoms with Crippen molar-refractivity contribution in [3.8, 4) is 11.5 Å². The van der Waals surface area contributed by atoms with Gasteiger partial charge in [0.2, 0.25) is 11.8 Å². The standard InChI is InChI=1S/C23H34N2O4/c1-16(2)12-22(26)25-14-19(18-13-17(28-3)8-9-21(18)29-4)20(15-25)23(27)24-10-6-5-7-11-24/h8-9,13,16,19-20H,5-7,10-12,14-15H2,1-4H3. The molecule has 2 aliphatic heterocycles. The lowest BCUT2D eigenvalue weighted by Crippen LogP contribution is -2.42. The average molecular weight is 403 g/mol.